The van der Waals surface area contributed by atoms with E-state index in [1.165, 1.54) is 15.9 Å². The summed E-state index contributed by atoms with van der Waals surface area (Å²) in [6.07, 6.45) is 0.999. The van der Waals surface area contributed by atoms with Gasteiger partial charge in [-0.1, -0.05) is 112 Å². The maximum absolute atomic E-state index is 9.98. The van der Waals surface area contributed by atoms with Gasteiger partial charge in [-0.15, -0.1) is 0 Å². The highest BCUT2D eigenvalue weighted by atomic mass is 28.4. The van der Waals surface area contributed by atoms with Crippen molar-refractivity contribution < 1.29 is 14.3 Å². The van der Waals surface area contributed by atoms with Crippen molar-refractivity contribution in [3.8, 4) is 0 Å². The van der Waals surface area contributed by atoms with E-state index in [9.17, 15) is 5.11 Å². The van der Waals surface area contributed by atoms with Crippen molar-refractivity contribution in [1.29, 1.82) is 0 Å². The predicted molar refractivity (Wildman–Crippen MR) is 137 cm³/mol. The van der Waals surface area contributed by atoms with Crippen LogP contribution in [0, 0.1) is 11.8 Å². The molecule has 0 aromatic heterocycles. The average Bonchev–Trinajstić information content (AvgIpc) is 2.82. The third-order valence-corrected chi connectivity index (χ3v) is 12.1. The average molecular weight is 461 g/mol. The number of aliphatic hydroxyl groups excluding tert-OH is 1. The number of benzene rings is 3. The Bertz CT molecular complexity index is 946. The van der Waals surface area contributed by atoms with Gasteiger partial charge in [0.05, 0.1) is 12.7 Å². The van der Waals surface area contributed by atoms with Crippen LogP contribution in [0.2, 0.25) is 5.04 Å². The van der Waals surface area contributed by atoms with Gasteiger partial charge in [-0.2, -0.15) is 0 Å². The molecule has 0 unspecified atom stereocenters. The fourth-order valence-electron chi connectivity index (χ4n) is 5.16. The molecule has 1 aliphatic rings. The normalized spacial score (nSPS) is 20.9. The zero-order valence-electron chi connectivity index (χ0n) is 20.0. The minimum absolute atomic E-state index is 0.0610. The summed E-state index contributed by atoms with van der Waals surface area (Å²) in [5, 5.41) is 12.5. The molecule has 3 aromatic rings. The topological polar surface area (TPSA) is 38.7 Å². The zero-order chi connectivity index (χ0) is 23.3. The van der Waals surface area contributed by atoms with Crippen LogP contribution in [-0.2, 0) is 15.8 Å². The summed E-state index contributed by atoms with van der Waals surface area (Å²) in [5.41, 5.74) is 1.18. The van der Waals surface area contributed by atoms with Gasteiger partial charge in [0, 0.05) is 19.1 Å². The van der Waals surface area contributed by atoms with Crippen molar-refractivity contribution >= 4 is 18.7 Å². The number of rotatable bonds is 9. The van der Waals surface area contributed by atoms with Crippen LogP contribution in [-0.4, -0.2) is 32.7 Å². The van der Waals surface area contributed by atoms with Gasteiger partial charge in [-0.3, -0.25) is 0 Å². The first kappa shape index (κ1) is 23.9. The molecule has 1 fully saturated rings. The fourth-order valence-corrected chi connectivity index (χ4v) is 9.76. The molecule has 1 saturated carbocycles. The molecular formula is C29H36O3Si. The number of hydrogen-bond donors (Lipinski definition) is 1. The second-order valence-corrected chi connectivity index (χ2v) is 14.5. The lowest BCUT2D eigenvalue weighted by atomic mass is 9.72. The van der Waals surface area contributed by atoms with Crippen molar-refractivity contribution in [3.05, 3.63) is 96.6 Å². The van der Waals surface area contributed by atoms with Crippen LogP contribution < -0.4 is 10.4 Å². The van der Waals surface area contributed by atoms with Gasteiger partial charge in [-0.05, 0) is 33.3 Å². The van der Waals surface area contributed by atoms with Gasteiger partial charge >= 0.3 is 0 Å². The Morgan fingerprint density at radius 2 is 1.33 bits per heavy atom. The number of hydrogen-bond acceptors (Lipinski definition) is 3. The van der Waals surface area contributed by atoms with Gasteiger partial charge in [0.1, 0.15) is 0 Å². The lowest BCUT2D eigenvalue weighted by Crippen LogP contribution is -2.67. The molecule has 1 aliphatic carbocycles. The lowest BCUT2D eigenvalue weighted by Gasteiger charge is -2.48. The summed E-state index contributed by atoms with van der Waals surface area (Å²) < 4.78 is 13.4. The maximum Gasteiger partial charge on any atom is 0.261 e. The summed E-state index contributed by atoms with van der Waals surface area (Å²) in [5.74, 6) is 0.421. The Balaban J connectivity index is 1.59. The summed E-state index contributed by atoms with van der Waals surface area (Å²) >= 11 is 0. The van der Waals surface area contributed by atoms with Crippen LogP contribution in [0.4, 0.5) is 0 Å². The molecule has 0 radical (unpaired) electrons. The van der Waals surface area contributed by atoms with E-state index in [1.54, 1.807) is 0 Å². The third-order valence-electron chi connectivity index (χ3n) is 7.07. The maximum atomic E-state index is 9.98. The standard InChI is InChI=1S/C29H36O3Si/c1-29(2,3)33(25-15-9-5-10-16-25,26-17-11-6-12-18-26)32-22-27-24(20-30)19-28(27)31-21-23-13-7-4-8-14-23/h4-18,24,27-28,30H,19-22H2,1-3H3/t24-,27-,28+/m0/s1. The SMILES string of the molecule is CC(C)(C)[Si](OC[C@H]1[C@H](CO)C[C@H]1OCc1ccccc1)(c1ccccc1)c1ccccc1. The van der Waals surface area contributed by atoms with E-state index < -0.39 is 8.32 Å². The second kappa shape index (κ2) is 10.4. The van der Waals surface area contributed by atoms with E-state index in [2.05, 4.69) is 93.6 Å². The molecule has 4 rings (SSSR count). The molecular weight excluding hydrogens is 424 g/mol. The molecule has 0 spiro atoms. The van der Waals surface area contributed by atoms with E-state index >= 15 is 0 Å². The molecule has 3 nitrogen and oxygen atoms in total. The largest absolute Gasteiger partial charge is 0.407 e. The highest BCUT2D eigenvalue weighted by Crippen LogP contribution is 2.41. The van der Waals surface area contributed by atoms with Crippen molar-refractivity contribution in [2.75, 3.05) is 13.2 Å². The fraction of sp³-hybridized carbons (Fsp3) is 0.379. The van der Waals surface area contributed by atoms with Gasteiger partial charge in [0.25, 0.3) is 8.32 Å². The molecule has 33 heavy (non-hydrogen) atoms. The molecule has 0 aliphatic heterocycles. The Morgan fingerprint density at radius 1 is 0.818 bits per heavy atom. The van der Waals surface area contributed by atoms with E-state index in [-0.39, 0.29) is 29.6 Å². The molecule has 1 N–H and O–H groups in total. The van der Waals surface area contributed by atoms with Crippen LogP contribution in [0.1, 0.15) is 32.8 Å². The van der Waals surface area contributed by atoms with E-state index in [0.29, 0.717) is 13.2 Å². The zero-order valence-corrected chi connectivity index (χ0v) is 21.0. The van der Waals surface area contributed by atoms with Gasteiger partial charge in [0.15, 0.2) is 0 Å². The van der Waals surface area contributed by atoms with Crippen LogP contribution in [0.5, 0.6) is 0 Å². The molecule has 0 bridgehead atoms. The minimum atomic E-state index is -2.59. The molecule has 3 atom stereocenters. The number of ether oxygens (including phenoxy) is 1. The van der Waals surface area contributed by atoms with E-state index in [0.717, 1.165) is 6.42 Å². The van der Waals surface area contributed by atoms with Crippen molar-refractivity contribution in [2.45, 2.75) is 44.9 Å². The van der Waals surface area contributed by atoms with E-state index in [4.69, 9.17) is 9.16 Å². The van der Waals surface area contributed by atoms with Crippen LogP contribution in [0.15, 0.2) is 91.0 Å². The lowest BCUT2D eigenvalue weighted by molar-refractivity contribution is -0.120. The van der Waals surface area contributed by atoms with Crippen LogP contribution in [0.3, 0.4) is 0 Å². The smallest absolute Gasteiger partial charge is 0.261 e. The van der Waals surface area contributed by atoms with Crippen molar-refractivity contribution in [1.82, 2.24) is 0 Å². The Morgan fingerprint density at radius 3 is 1.82 bits per heavy atom. The van der Waals surface area contributed by atoms with Gasteiger partial charge < -0.3 is 14.3 Å². The first-order chi connectivity index (χ1) is 16.0. The Labute approximate surface area is 199 Å². The molecule has 0 saturated heterocycles. The molecule has 0 heterocycles. The van der Waals surface area contributed by atoms with Crippen molar-refractivity contribution in [2.24, 2.45) is 11.8 Å². The molecule has 174 valence electrons. The number of aliphatic hydroxyl groups is 1. The second-order valence-electron chi connectivity index (χ2n) is 10.2. The Hall–Kier alpha value is -2.24. The predicted octanol–water partition coefficient (Wildman–Crippen LogP) is 4.78. The first-order valence-corrected chi connectivity index (χ1v) is 13.9. The van der Waals surface area contributed by atoms with E-state index in [1.807, 2.05) is 18.2 Å². The first-order valence-electron chi connectivity index (χ1n) is 12.0. The Kier molecular flexibility index (Phi) is 7.50. The van der Waals surface area contributed by atoms with Gasteiger partial charge in [-0.25, -0.2) is 0 Å². The highest BCUT2D eigenvalue weighted by Gasteiger charge is 2.52. The third kappa shape index (κ3) is 4.99. The molecule has 4 heteroatoms. The quantitative estimate of drug-likeness (QED) is 0.467. The molecule has 0 amide bonds. The summed E-state index contributed by atoms with van der Waals surface area (Å²) in [7, 11) is -2.59. The molecule has 3 aromatic carbocycles. The monoisotopic (exact) mass is 460 g/mol. The summed E-state index contributed by atoms with van der Waals surface area (Å²) in [6, 6.07) is 31.8. The van der Waals surface area contributed by atoms with Crippen molar-refractivity contribution in [3.63, 3.8) is 0 Å². The highest BCUT2D eigenvalue weighted by molar-refractivity contribution is 6.99. The summed E-state index contributed by atoms with van der Waals surface area (Å²) in [4.78, 5) is 0. The minimum Gasteiger partial charge on any atom is -0.407 e. The van der Waals surface area contributed by atoms with Crippen LogP contribution in [0.25, 0.3) is 0 Å². The van der Waals surface area contributed by atoms with Gasteiger partial charge in [0.2, 0.25) is 0 Å². The van der Waals surface area contributed by atoms with Crippen LogP contribution >= 0.6 is 0 Å². The summed E-state index contributed by atoms with van der Waals surface area (Å²) in [6.45, 7) is 8.27.